The number of carbonyl (C=O) groups is 1. The van der Waals surface area contributed by atoms with Crippen LogP contribution in [0, 0.1) is 25.5 Å². The van der Waals surface area contributed by atoms with Crippen LogP contribution in [0.2, 0.25) is 0 Å². The Balaban J connectivity index is 1.72. The number of nitrogens with zero attached hydrogens (tertiary/aromatic N) is 4. The molecule has 0 bridgehead atoms. The minimum absolute atomic E-state index is 0.0933. The standard InChI is InChI=1S/C16H15F2N5O/c1-9-14(10(2)23-16(21-9)19-8-20-23)3-4-15(24)22-13-6-11(17)5-12(18)7-13/h5-8H,3-4H2,1-2H3,(H,22,24). The van der Waals surface area contributed by atoms with E-state index in [4.69, 9.17) is 0 Å². The van der Waals surface area contributed by atoms with E-state index >= 15 is 0 Å². The first-order chi connectivity index (χ1) is 11.4. The third-order valence-electron chi connectivity index (χ3n) is 3.74. The Morgan fingerprint density at radius 2 is 1.92 bits per heavy atom. The number of amides is 1. The van der Waals surface area contributed by atoms with Crippen LogP contribution in [0.15, 0.2) is 24.5 Å². The Morgan fingerprint density at radius 3 is 2.62 bits per heavy atom. The van der Waals surface area contributed by atoms with E-state index in [9.17, 15) is 13.6 Å². The zero-order valence-electron chi connectivity index (χ0n) is 13.2. The molecule has 8 heteroatoms. The lowest BCUT2D eigenvalue weighted by atomic mass is 10.1. The first-order valence-electron chi connectivity index (χ1n) is 7.36. The lowest BCUT2D eigenvalue weighted by Gasteiger charge is -2.10. The fourth-order valence-electron chi connectivity index (χ4n) is 2.61. The van der Waals surface area contributed by atoms with Crippen LogP contribution in [0.4, 0.5) is 14.5 Å². The summed E-state index contributed by atoms with van der Waals surface area (Å²) in [7, 11) is 0. The van der Waals surface area contributed by atoms with Crippen LogP contribution in [0.25, 0.3) is 5.78 Å². The molecule has 124 valence electrons. The SMILES string of the molecule is Cc1nc2ncnn2c(C)c1CCC(=O)Nc1cc(F)cc(F)c1. The van der Waals surface area contributed by atoms with E-state index in [1.54, 1.807) is 4.52 Å². The van der Waals surface area contributed by atoms with Crippen molar-refractivity contribution >= 4 is 17.4 Å². The van der Waals surface area contributed by atoms with Gasteiger partial charge in [-0.2, -0.15) is 10.1 Å². The highest BCUT2D eigenvalue weighted by atomic mass is 19.1. The van der Waals surface area contributed by atoms with Crippen molar-refractivity contribution in [2.24, 2.45) is 0 Å². The normalized spacial score (nSPS) is 11.0. The summed E-state index contributed by atoms with van der Waals surface area (Å²) in [5.74, 6) is -1.30. The molecule has 0 unspecified atom stereocenters. The first kappa shape index (κ1) is 16.0. The molecule has 24 heavy (non-hydrogen) atoms. The summed E-state index contributed by atoms with van der Waals surface area (Å²) in [6, 6.07) is 2.89. The van der Waals surface area contributed by atoms with Crippen LogP contribution in [0.5, 0.6) is 0 Å². The predicted octanol–water partition coefficient (Wildman–Crippen LogP) is 2.59. The van der Waals surface area contributed by atoms with E-state index in [2.05, 4.69) is 20.4 Å². The molecule has 2 heterocycles. The van der Waals surface area contributed by atoms with Gasteiger partial charge in [-0.15, -0.1) is 0 Å². The molecular weight excluding hydrogens is 316 g/mol. The third-order valence-corrected chi connectivity index (χ3v) is 3.74. The van der Waals surface area contributed by atoms with Gasteiger partial charge in [-0.25, -0.2) is 18.3 Å². The van der Waals surface area contributed by atoms with E-state index in [0.29, 0.717) is 12.2 Å². The van der Waals surface area contributed by atoms with Crippen molar-refractivity contribution in [3.8, 4) is 0 Å². The summed E-state index contributed by atoms with van der Waals surface area (Å²) in [5.41, 5.74) is 2.63. The molecular formula is C16H15F2N5O. The van der Waals surface area contributed by atoms with E-state index in [-0.39, 0.29) is 18.0 Å². The zero-order chi connectivity index (χ0) is 17.3. The second-order valence-electron chi connectivity index (χ2n) is 5.44. The minimum Gasteiger partial charge on any atom is -0.326 e. The molecule has 2 aromatic heterocycles. The average molecular weight is 331 g/mol. The van der Waals surface area contributed by atoms with Crippen molar-refractivity contribution in [1.82, 2.24) is 19.6 Å². The number of aromatic nitrogens is 4. The molecule has 0 aliphatic rings. The summed E-state index contributed by atoms with van der Waals surface area (Å²) < 4.78 is 27.9. The molecule has 0 fully saturated rings. The summed E-state index contributed by atoms with van der Waals surface area (Å²) in [6.45, 7) is 3.72. The van der Waals surface area contributed by atoms with Crippen LogP contribution >= 0.6 is 0 Å². The molecule has 0 radical (unpaired) electrons. The van der Waals surface area contributed by atoms with Crippen molar-refractivity contribution < 1.29 is 13.6 Å². The van der Waals surface area contributed by atoms with E-state index < -0.39 is 11.6 Å². The topological polar surface area (TPSA) is 72.2 Å². The molecule has 0 aliphatic heterocycles. The predicted molar refractivity (Wildman–Crippen MR) is 83.6 cm³/mol. The molecule has 6 nitrogen and oxygen atoms in total. The maximum absolute atomic E-state index is 13.1. The van der Waals surface area contributed by atoms with Gasteiger partial charge in [0.1, 0.15) is 18.0 Å². The molecule has 1 amide bonds. The van der Waals surface area contributed by atoms with Gasteiger partial charge in [0.25, 0.3) is 5.78 Å². The van der Waals surface area contributed by atoms with Crippen LogP contribution in [0.3, 0.4) is 0 Å². The van der Waals surface area contributed by atoms with Gasteiger partial charge in [0.15, 0.2) is 0 Å². The molecule has 0 atom stereocenters. The number of carbonyl (C=O) groups excluding carboxylic acids is 1. The Bertz CT molecular complexity index is 902. The molecule has 0 saturated carbocycles. The summed E-state index contributed by atoms with van der Waals surface area (Å²) in [6.07, 6.45) is 2.01. The monoisotopic (exact) mass is 331 g/mol. The number of hydrogen-bond acceptors (Lipinski definition) is 4. The fraction of sp³-hybridized carbons (Fsp3) is 0.250. The van der Waals surface area contributed by atoms with Crippen LogP contribution in [-0.2, 0) is 11.2 Å². The number of rotatable bonds is 4. The number of anilines is 1. The lowest BCUT2D eigenvalue weighted by molar-refractivity contribution is -0.116. The fourth-order valence-corrected chi connectivity index (χ4v) is 2.61. The van der Waals surface area contributed by atoms with Gasteiger partial charge in [0.05, 0.1) is 0 Å². The number of nitrogens with one attached hydrogen (secondary N) is 1. The van der Waals surface area contributed by atoms with Gasteiger partial charge < -0.3 is 5.32 Å². The quantitative estimate of drug-likeness (QED) is 0.797. The van der Waals surface area contributed by atoms with Crippen LogP contribution in [0.1, 0.15) is 23.4 Å². The number of halogens is 2. The van der Waals surface area contributed by atoms with Crippen molar-refractivity contribution in [2.75, 3.05) is 5.32 Å². The summed E-state index contributed by atoms with van der Waals surface area (Å²) in [4.78, 5) is 20.4. The maximum atomic E-state index is 13.1. The number of benzene rings is 1. The van der Waals surface area contributed by atoms with Crippen molar-refractivity contribution in [3.05, 3.63) is 53.1 Å². The Hall–Kier alpha value is -2.90. The summed E-state index contributed by atoms with van der Waals surface area (Å²) >= 11 is 0. The Morgan fingerprint density at radius 1 is 1.21 bits per heavy atom. The highest BCUT2D eigenvalue weighted by Crippen LogP contribution is 2.16. The average Bonchev–Trinajstić information content (AvgIpc) is 2.94. The highest BCUT2D eigenvalue weighted by molar-refractivity contribution is 5.90. The second kappa shape index (κ2) is 6.31. The molecule has 1 N–H and O–H groups in total. The smallest absolute Gasteiger partial charge is 0.252 e. The van der Waals surface area contributed by atoms with E-state index in [1.807, 2.05) is 13.8 Å². The van der Waals surface area contributed by atoms with Gasteiger partial charge in [-0.3, -0.25) is 4.79 Å². The van der Waals surface area contributed by atoms with Gasteiger partial charge in [0, 0.05) is 29.6 Å². The molecule has 0 spiro atoms. The van der Waals surface area contributed by atoms with Crippen molar-refractivity contribution in [3.63, 3.8) is 0 Å². The highest BCUT2D eigenvalue weighted by Gasteiger charge is 2.13. The van der Waals surface area contributed by atoms with Crippen LogP contribution < -0.4 is 5.32 Å². The zero-order valence-corrected chi connectivity index (χ0v) is 13.2. The summed E-state index contributed by atoms with van der Waals surface area (Å²) in [5, 5.41) is 6.58. The first-order valence-corrected chi connectivity index (χ1v) is 7.36. The lowest BCUT2D eigenvalue weighted by Crippen LogP contribution is -2.14. The van der Waals surface area contributed by atoms with Crippen molar-refractivity contribution in [2.45, 2.75) is 26.7 Å². The van der Waals surface area contributed by atoms with Gasteiger partial charge >= 0.3 is 0 Å². The third kappa shape index (κ3) is 3.22. The van der Waals surface area contributed by atoms with E-state index in [1.165, 1.54) is 6.33 Å². The maximum Gasteiger partial charge on any atom is 0.252 e. The van der Waals surface area contributed by atoms with Crippen molar-refractivity contribution in [1.29, 1.82) is 0 Å². The number of hydrogen-bond donors (Lipinski definition) is 1. The molecule has 0 aliphatic carbocycles. The Kier molecular flexibility index (Phi) is 4.20. The number of fused-ring (bicyclic) bond motifs is 1. The molecule has 0 saturated heterocycles. The van der Waals surface area contributed by atoms with E-state index in [0.717, 1.165) is 35.2 Å². The van der Waals surface area contributed by atoms with Crippen LogP contribution in [-0.4, -0.2) is 25.5 Å². The van der Waals surface area contributed by atoms with Gasteiger partial charge in [-0.1, -0.05) is 0 Å². The largest absolute Gasteiger partial charge is 0.326 e. The second-order valence-corrected chi connectivity index (χ2v) is 5.44. The Labute approximate surface area is 136 Å². The molecule has 1 aromatic carbocycles. The minimum atomic E-state index is -0.738. The molecule has 3 aromatic rings. The number of aryl methyl sites for hydroxylation is 2. The van der Waals surface area contributed by atoms with Gasteiger partial charge in [0.2, 0.25) is 5.91 Å². The van der Waals surface area contributed by atoms with Gasteiger partial charge in [-0.05, 0) is 38.0 Å². The molecule has 3 rings (SSSR count).